The number of rotatable bonds is 5. The van der Waals surface area contributed by atoms with Crippen molar-refractivity contribution >= 4 is 40.2 Å². The van der Waals surface area contributed by atoms with E-state index < -0.39 is 22.3 Å². The number of carbonyl (C=O) groups excluding carboxylic acids is 1. The minimum Gasteiger partial charge on any atom is -0.341 e. The van der Waals surface area contributed by atoms with Crippen LogP contribution in [-0.4, -0.2) is 36.5 Å². The summed E-state index contributed by atoms with van der Waals surface area (Å²) in [7, 11) is 0. The molecule has 0 saturated carbocycles. The Kier molecular flexibility index (Phi) is 4.33. The highest BCUT2D eigenvalue weighted by Gasteiger charge is 2.16. The number of imidazole rings is 1. The van der Waals surface area contributed by atoms with E-state index in [1.807, 2.05) is 0 Å². The summed E-state index contributed by atoms with van der Waals surface area (Å²) in [4.78, 5) is 36.7. The van der Waals surface area contributed by atoms with Gasteiger partial charge in [0, 0.05) is 11.8 Å². The van der Waals surface area contributed by atoms with Crippen molar-refractivity contribution in [3.05, 3.63) is 46.8 Å². The van der Waals surface area contributed by atoms with Crippen LogP contribution in [0.1, 0.15) is 0 Å². The van der Waals surface area contributed by atoms with Gasteiger partial charge in [-0.15, -0.1) is 0 Å². The van der Waals surface area contributed by atoms with Crippen LogP contribution < -0.4 is 5.32 Å². The number of aromatic nitrogens is 4. The van der Waals surface area contributed by atoms with E-state index in [1.165, 1.54) is 18.7 Å². The van der Waals surface area contributed by atoms with Crippen LogP contribution in [0.4, 0.5) is 15.8 Å². The number of amides is 1. The largest absolute Gasteiger partial charge is 0.341 e. The van der Waals surface area contributed by atoms with Crippen LogP contribution in [0.5, 0.6) is 0 Å². The maximum atomic E-state index is 13.3. The predicted molar refractivity (Wildman–Crippen MR) is 84.1 cm³/mol. The van der Waals surface area contributed by atoms with Gasteiger partial charge < -0.3 is 10.3 Å². The third-order valence-corrected chi connectivity index (χ3v) is 3.94. The molecule has 9 nitrogen and oxygen atoms in total. The van der Waals surface area contributed by atoms with E-state index in [2.05, 4.69) is 25.3 Å². The Labute approximate surface area is 137 Å². The Morgan fingerprint density at radius 1 is 1.38 bits per heavy atom. The van der Waals surface area contributed by atoms with E-state index in [-0.39, 0.29) is 11.4 Å². The van der Waals surface area contributed by atoms with Gasteiger partial charge >= 0.3 is 5.69 Å². The van der Waals surface area contributed by atoms with Crippen molar-refractivity contribution in [2.24, 2.45) is 0 Å². The van der Waals surface area contributed by atoms with Gasteiger partial charge in [0.05, 0.1) is 17.0 Å². The summed E-state index contributed by atoms with van der Waals surface area (Å²) >= 11 is 1.15. The van der Waals surface area contributed by atoms with Crippen molar-refractivity contribution in [1.82, 2.24) is 19.9 Å². The number of H-pyrrole nitrogens is 1. The molecule has 2 heterocycles. The standard InChI is InChI=1S/C13H9FN6O3S/c14-8-2-1-7(3-9(8)20(22)23)19-10(21)4-24-13-11-12(16-5-15-11)17-6-18-13/h1-3,5-6H,4H2,(H,19,21)(H,15,16,17,18). The number of nitrogens with zero attached hydrogens (tertiary/aromatic N) is 4. The van der Waals surface area contributed by atoms with Crippen molar-refractivity contribution in [2.45, 2.75) is 5.03 Å². The molecular weight excluding hydrogens is 339 g/mol. The summed E-state index contributed by atoms with van der Waals surface area (Å²) in [6.07, 6.45) is 2.81. The summed E-state index contributed by atoms with van der Waals surface area (Å²) in [5.74, 6) is -1.36. The quantitative estimate of drug-likeness (QED) is 0.313. The average molecular weight is 348 g/mol. The Hall–Kier alpha value is -3.08. The number of aromatic amines is 1. The highest BCUT2D eigenvalue weighted by atomic mass is 32.2. The molecule has 0 radical (unpaired) electrons. The first-order valence-corrected chi connectivity index (χ1v) is 7.54. The van der Waals surface area contributed by atoms with E-state index in [1.54, 1.807) is 0 Å². The smallest absolute Gasteiger partial charge is 0.306 e. The van der Waals surface area contributed by atoms with Crippen molar-refractivity contribution in [3.8, 4) is 0 Å². The Morgan fingerprint density at radius 3 is 3.00 bits per heavy atom. The van der Waals surface area contributed by atoms with Gasteiger partial charge in [0.2, 0.25) is 11.7 Å². The number of benzene rings is 1. The van der Waals surface area contributed by atoms with Gasteiger partial charge in [-0.1, -0.05) is 11.8 Å². The summed E-state index contributed by atoms with van der Waals surface area (Å²) in [6, 6.07) is 3.15. The normalized spacial score (nSPS) is 10.7. The highest BCUT2D eigenvalue weighted by Crippen LogP contribution is 2.24. The van der Waals surface area contributed by atoms with Gasteiger partial charge in [-0.2, -0.15) is 4.39 Å². The number of thioether (sulfide) groups is 1. The minimum absolute atomic E-state index is 0.0102. The van der Waals surface area contributed by atoms with Crippen LogP contribution in [0.25, 0.3) is 11.2 Å². The lowest BCUT2D eigenvalue weighted by Crippen LogP contribution is -2.14. The predicted octanol–water partition coefficient (Wildman–Crippen LogP) is 2.13. The van der Waals surface area contributed by atoms with Gasteiger partial charge in [-0.05, 0) is 12.1 Å². The summed E-state index contributed by atoms with van der Waals surface area (Å²) < 4.78 is 13.3. The lowest BCUT2D eigenvalue weighted by Gasteiger charge is -2.05. The molecule has 24 heavy (non-hydrogen) atoms. The lowest BCUT2D eigenvalue weighted by molar-refractivity contribution is -0.387. The first kappa shape index (κ1) is 15.8. The summed E-state index contributed by atoms with van der Waals surface area (Å²) in [5, 5.41) is 13.7. The van der Waals surface area contributed by atoms with Crippen LogP contribution in [-0.2, 0) is 4.79 Å². The molecule has 122 valence electrons. The number of anilines is 1. The van der Waals surface area contributed by atoms with Gasteiger partial charge in [-0.3, -0.25) is 14.9 Å². The van der Waals surface area contributed by atoms with E-state index in [4.69, 9.17) is 0 Å². The molecule has 0 saturated heterocycles. The molecule has 11 heteroatoms. The molecule has 0 aliphatic carbocycles. The maximum Gasteiger partial charge on any atom is 0.306 e. The average Bonchev–Trinajstić information content (AvgIpc) is 3.03. The number of carbonyl (C=O) groups is 1. The maximum absolute atomic E-state index is 13.3. The molecule has 0 aliphatic heterocycles. The second-order valence-electron chi connectivity index (χ2n) is 4.54. The zero-order chi connectivity index (χ0) is 17.1. The molecular formula is C13H9FN6O3S. The van der Waals surface area contributed by atoms with Crippen LogP contribution in [0.2, 0.25) is 0 Å². The molecule has 0 unspecified atom stereocenters. The number of nitro benzene ring substituents is 1. The fourth-order valence-electron chi connectivity index (χ4n) is 1.91. The van der Waals surface area contributed by atoms with Crippen LogP contribution in [0.15, 0.2) is 35.9 Å². The third-order valence-electron chi connectivity index (χ3n) is 2.95. The first-order valence-electron chi connectivity index (χ1n) is 6.55. The van der Waals surface area contributed by atoms with E-state index >= 15 is 0 Å². The molecule has 2 aromatic heterocycles. The molecule has 0 bridgehead atoms. The molecule has 1 amide bonds. The Bertz CT molecular complexity index is 931. The molecule has 0 aliphatic rings. The van der Waals surface area contributed by atoms with E-state index in [9.17, 15) is 19.3 Å². The van der Waals surface area contributed by atoms with Crippen molar-refractivity contribution in [3.63, 3.8) is 0 Å². The number of halogens is 1. The highest BCUT2D eigenvalue weighted by molar-refractivity contribution is 8.00. The molecule has 0 atom stereocenters. The second-order valence-corrected chi connectivity index (χ2v) is 5.50. The number of hydrogen-bond donors (Lipinski definition) is 2. The number of fused-ring (bicyclic) bond motifs is 1. The van der Waals surface area contributed by atoms with Gasteiger partial charge in [0.25, 0.3) is 0 Å². The first-order chi connectivity index (χ1) is 11.5. The van der Waals surface area contributed by atoms with Crippen LogP contribution >= 0.6 is 11.8 Å². The molecule has 3 aromatic rings. The van der Waals surface area contributed by atoms with Crippen LogP contribution in [0, 0.1) is 15.9 Å². The number of hydrogen-bond acceptors (Lipinski definition) is 7. The fourth-order valence-corrected chi connectivity index (χ4v) is 2.67. The number of nitrogens with one attached hydrogen (secondary N) is 2. The fraction of sp³-hybridized carbons (Fsp3) is 0.0769. The molecule has 1 aromatic carbocycles. The van der Waals surface area contributed by atoms with Gasteiger partial charge in [0.1, 0.15) is 16.9 Å². The molecule has 0 spiro atoms. The topological polar surface area (TPSA) is 127 Å². The summed E-state index contributed by atoms with van der Waals surface area (Å²) in [5.41, 5.74) is 0.549. The van der Waals surface area contributed by atoms with E-state index in [0.29, 0.717) is 16.2 Å². The second kappa shape index (κ2) is 6.58. The van der Waals surface area contributed by atoms with Crippen molar-refractivity contribution in [2.75, 3.05) is 11.1 Å². The third kappa shape index (κ3) is 3.30. The molecule has 0 fully saturated rings. The van der Waals surface area contributed by atoms with Crippen LogP contribution in [0.3, 0.4) is 0 Å². The Morgan fingerprint density at radius 2 is 2.21 bits per heavy atom. The Balaban J connectivity index is 1.67. The van der Waals surface area contributed by atoms with Crippen molar-refractivity contribution in [1.29, 1.82) is 0 Å². The van der Waals surface area contributed by atoms with Gasteiger partial charge in [0.15, 0.2) is 5.65 Å². The molecule has 2 N–H and O–H groups in total. The van der Waals surface area contributed by atoms with E-state index in [0.717, 1.165) is 23.9 Å². The lowest BCUT2D eigenvalue weighted by atomic mass is 10.2. The zero-order valence-electron chi connectivity index (χ0n) is 11.9. The minimum atomic E-state index is -0.963. The summed E-state index contributed by atoms with van der Waals surface area (Å²) in [6.45, 7) is 0. The number of nitro groups is 1. The van der Waals surface area contributed by atoms with Gasteiger partial charge in [-0.25, -0.2) is 15.0 Å². The zero-order valence-corrected chi connectivity index (χ0v) is 12.7. The monoisotopic (exact) mass is 348 g/mol. The van der Waals surface area contributed by atoms with Crippen molar-refractivity contribution < 1.29 is 14.1 Å². The molecule has 3 rings (SSSR count). The SMILES string of the molecule is O=C(CSc1ncnc2nc[nH]c12)Nc1ccc(F)c([N+](=O)[O-])c1.